The zero-order valence-corrected chi connectivity index (χ0v) is 11.1. The minimum atomic E-state index is -4.58. The Hall–Kier alpha value is -2.05. The molecule has 21 heavy (non-hydrogen) atoms. The number of hydrogen-bond acceptors (Lipinski definition) is 2. The second-order valence-corrected chi connectivity index (χ2v) is 4.99. The Balaban J connectivity index is 2.42. The molecular formula is C14H15F3N2O2. The third-order valence-corrected chi connectivity index (χ3v) is 3.63. The number of likely N-dealkylation sites (tertiary alicyclic amines) is 1. The van der Waals surface area contributed by atoms with Gasteiger partial charge in [-0.25, -0.2) is 0 Å². The van der Waals surface area contributed by atoms with Crippen LogP contribution in [0, 0.1) is 0 Å². The molecule has 2 atom stereocenters. The van der Waals surface area contributed by atoms with Crippen LogP contribution in [0.5, 0.6) is 0 Å². The summed E-state index contributed by atoms with van der Waals surface area (Å²) in [6.45, 7) is 0. The van der Waals surface area contributed by atoms with Crippen molar-refractivity contribution in [1.29, 1.82) is 0 Å². The van der Waals surface area contributed by atoms with Crippen molar-refractivity contribution in [2.45, 2.75) is 37.5 Å². The van der Waals surface area contributed by atoms with Gasteiger partial charge in [0.05, 0.1) is 6.04 Å². The lowest BCUT2D eigenvalue weighted by Crippen LogP contribution is -2.55. The molecule has 0 bridgehead atoms. The number of nitrogens with zero attached hydrogens (tertiary/aromatic N) is 1. The topological polar surface area (TPSA) is 63.4 Å². The molecule has 1 aromatic rings. The van der Waals surface area contributed by atoms with E-state index in [1.54, 1.807) is 30.3 Å². The minimum Gasteiger partial charge on any atom is -0.361 e. The van der Waals surface area contributed by atoms with Crippen molar-refractivity contribution in [3.63, 3.8) is 0 Å². The Bertz CT molecular complexity index is 531. The monoisotopic (exact) mass is 300 g/mol. The number of primary amides is 1. The third kappa shape index (κ3) is 3.17. The Morgan fingerprint density at radius 3 is 2.29 bits per heavy atom. The maximum absolute atomic E-state index is 13.2. The van der Waals surface area contributed by atoms with E-state index in [2.05, 4.69) is 0 Å². The first-order valence-corrected chi connectivity index (χ1v) is 6.56. The van der Waals surface area contributed by atoms with E-state index < -0.39 is 30.1 Å². The summed E-state index contributed by atoms with van der Waals surface area (Å²) in [5.74, 6) is -2.65. The first-order chi connectivity index (χ1) is 9.82. The second kappa shape index (κ2) is 5.75. The molecule has 0 radical (unpaired) electrons. The summed E-state index contributed by atoms with van der Waals surface area (Å²) in [7, 11) is 0. The Morgan fingerprint density at radius 2 is 1.76 bits per heavy atom. The number of halogens is 3. The lowest BCUT2D eigenvalue weighted by molar-refractivity contribution is -0.203. The highest BCUT2D eigenvalue weighted by Crippen LogP contribution is 2.40. The SMILES string of the molecule is NC(=O)C(=O)N1C(c2ccccc2)CCCC1C(F)(F)F. The maximum atomic E-state index is 13.2. The summed E-state index contributed by atoms with van der Waals surface area (Å²) in [6.07, 6.45) is -4.10. The third-order valence-electron chi connectivity index (χ3n) is 3.63. The van der Waals surface area contributed by atoms with E-state index in [1.165, 1.54) is 0 Å². The van der Waals surface area contributed by atoms with Gasteiger partial charge < -0.3 is 10.6 Å². The van der Waals surface area contributed by atoms with Crippen molar-refractivity contribution in [2.24, 2.45) is 5.73 Å². The largest absolute Gasteiger partial charge is 0.408 e. The number of nitrogens with two attached hydrogens (primary N) is 1. The zero-order chi connectivity index (χ0) is 15.6. The highest BCUT2D eigenvalue weighted by molar-refractivity contribution is 6.34. The van der Waals surface area contributed by atoms with E-state index in [0.717, 1.165) is 0 Å². The van der Waals surface area contributed by atoms with Crippen LogP contribution >= 0.6 is 0 Å². The molecule has 1 aliphatic rings. The smallest absolute Gasteiger partial charge is 0.361 e. The predicted molar refractivity (Wildman–Crippen MR) is 68.9 cm³/mol. The molecule has 1 saturated heterocycles. The summed E-state index contributed by atoms with van der Waals surface area (Å²) in [6, 6.07) is 5.62. The molecule has 0 saturated carbocycles. The molecular weight excluding hydrogens is 285 g/mol. The lowest BCUT2D eigenvalue weighted by atomic mass is 9.90. The van der Waals surface area contributed by atoms with Gasteiger partial charge in [0.2, 0.25) is 0 Å². The van der Waals surface area contributed by atoms with E-state index in [-0.39, 0.29) is 6.42 Å². The van der Waals surface area contributed by atoms with Crippen LogP contribution < -0.4 is 5.73 Å². The Labute approximate surface area is 119 Å². The van der Waals surface area contributed by atoms with Crippen LogP contribution in [-0.4, -0.2) is 28.9 Å². The van der Waals surface area contributed by atoms with Gasteiger partial charge in [0, 0.05) is 0 Å². The first-order valence-electron chi connectivity index (χ1n) is 6.56. The Morgan fingerprint density at radius 1 is 1.14 bits per heavy atom. The molecule has 0 spiro atoms. The van der Waals surface area contributed by atoms with Crippen LogP contribution in [0.25, 0.3) is 0 Å². The minimum absolute atomic E-state index is 0.216. The van der Waals surface area contributed by atoms with Crippen LogP contribution in [0.1, 0.15) is 30.9 Å². The predicted octanol–water partition coefficient (Wildman–Crippen LogP) is 2.16. The molecule has 0 aliphatic carbocycles. The van der Waals surface area contributed by atoms with Crippen LogP contribution in [0.3, 0.4) is 0 Å². The number of rotatable bonds is 1. The first kappa shape index (κ1) is 15.3. The fourth-order valence-corrected chi connectivity index (χ4v) is 2.73. The van der Waals surface area contributed by atoms with Crippen molar-refractivity contribution < 1.29 is 22.8 Å². The molecule has 1 aromatic carbocycles. The van der Waals surface area contributed by atoms with Crippen molar-refractivity contribution >= 4 is 11.8 Å². The van der Waals surface area contributed by atoms with Crippen molar-refractivity contribution in [3.8, 4) is 0 Å². The van der Waals surface area contributed by atoms with E-state index >= 15 is 0 Å². The fraction of sp³-hybridized carbons (Fsp3) is 0.429. The number of piperidine rings is 1. The second-order valence-electron chi connectivity index (χ2n) is 4.99. The molecule has 2 amide bonds. The average molecular weight is 300 g/mol. The number of benzene rings is 1. The zero-order valence-electron chi connectivity index (χ0n) is 11.1. The summed E-state index contributed by atoms with van der Waals surface area (Å²) < 4.78 is 39.5. The molecule has 1 aliphatic heterocycles. The summed E-state index contributed by atoms with van der Waals surface area (Å²) >= 11 is 0. The molecule has 114 valence electrons. The van der Waals surface area contributed by atoms with E-state index in [9.17, 15) is 22.8 Å². The molecule has 0 aromatic heterocycles. The van der Waals surface area contributed by atoms with Crippen molar-refractivity contribution in [2.75, 3.05) is 0 Å². The van der Waals surface area contributed by atoms with E-state index in [4.69, 9.17) is 5.73 Å². The molecule has 1 heterocycles. The summed E-state index contributed by atoms with van der Waals surface area (Å²) in [5, 5.41) is 0. The van der Waals surface area contributed by atoms with Gasteiger partial charge in [-0.15, -0.1) is 0 Å². The number of hydrogen-bond donors (Lipinski definition) is 1. The van der Waals surface area contributed by atoms with E-state index in [1.807, 2.05) is 0 Å². The number of alkyl halides is 3. The van der Waals surface area contributed by atoms with Gasteiger partial charge in [0.1, 0.15) is 6.04 Å². The van der Waals surface area contributed by atoms with Crippen LogP contribution in [0.15, 0.2) is 30.3 Å². The average Bonchev–Trinajstić information content (AvgIpc) is 2.45. The molecule has 7 heteroatoms. The molecule has 2 unspecified atom stereocenters. The molecule has 1 fully saturated rings. The highest BCUT2D eigenvalue weighted by atomic mass is 19.4. The van der Waals surface area contributed by atoms with Gasteiger partial charge in [-0.1, -0.05) is 30.3 Å². The van der Waals surface area contributed by atoms with Gasteiger partial charge >= 0.3 is 18.0 Å². The molecule has 4 nitrogen and oxygen atoms in total. The van der Waals surface area contributed by atoms with Gasteiger partial charge in [0.15, 0.2) is 0 Å². The normalized spacial score (nSPS) is 22.9. The van der Waals surface area contributed by atoms with Crippen LogP contribution in [0.4, 0.5) is 13.2 Å². The highest BCUT2D eigenvalue weighted by Gasteiger charge is 2.50. The molecule has 2 N–H and O–H groups in total. The maximum Gasteiger partial charge on any atom is 0.408 e. The quantitative estimate of drug-likeness (QED) is 0.808. The number of amides is 2. The lowest BCUT2D eigenvalue weighted by Gasteiger charge is -2.42. The molecule has 2 rings (SSSR count). The van der Waals surface area contributed by atoms with Crippen molar-refractivity contribution in [3.05, 3.63) is 35.9 Å². The van der Waals surface area contributed by atoms with Gasteiger partial charge in [-0.05, 0) is 24.8 Å². The Kier molecular flexibility index (Phi) is 4.20. The van der Waals surface area contributed by atoms with Crippen LogP contribution in [-0.2, 0) is 9.59 Å². The summed E-state index contributed by atoms with van der Waals surface area (Å²) in [4.78, 5) is 23.6. The van der Waals surface area contributed by atoms with Crippen LogP contribution in [0.2, 0.25) is 0 Å². The van der Waals surface area contributed by atoms with Gasteiger partial charge in [-0.2, -0.15) is 13.2 Å². The van der Waals surface area contributed by atoms with E-state index in [0.29, 0.717) is 23.3 Å². The van der Waals surface area contributed by atoms with Gasteiger partial charge in [-0.3, -0.25) is 9.59 Å². The number of carbonyl (C=O) groups is 2. The fourth-order valence-electron chi connectivity index (χ4n) is 2.73. The standard InChI is InChI=1S/C14H15F3N2O2/c15-14(16,17)11-8-4-7-10(9-5-2-1-3-6-9)19(11)13(21)12(18)20/h1-3,5-6,10-11H,4,7-8H2,(H2,18,20). The number of carbonyl (C=O) groups excluding carboxylic acids is 2. The van der Waals surface area contributed by atoms with Gasteiger partial charge in [0.25, 0.3) is 0 Å². The van der Waals surface area contributed by atoms with Crippen molar-refractivity contribution in [1.82, 2.24) is 4.90 Å². The summed E-state index contributed by atoms with van der Waals surface area (Å²) in [5.41, 5.74) is 5.49.